The maximum Gasteiger partial charge on any atom is 0.244 e. The molecule has 0 saturated heterocycles. The van der Waals surface area contributed by atoms with E-state index in [4.69, 9.17) is 11.6 Å². The third-order valence-corrected chi connectivity index (χ3v) is 8.19. The molecule has 2 aromatic carbocycles. The molecular formula is C23H25ClN2O4S2. The number of hydrogen-bond acceptors (Lipinski definition) is 5. The molecule has 0 fully saturated rings. The number of hydrogen-bond donors (Lipinski definition) is 0. The highest BCUT2D eigenvalue weighted by Gasteiger charge is 2.27. The lowest BCUT2D eigenvalue weighted by molar-refractivity contribution is 0.362. The Morgan fingerprint density at radius 2 is 1.66 bits per heavy atom. The van der Waals surface area contributed by atoms with Crippen LogP contribution in [0.2, 0.25) is 5.02 Å². The Hall–Kier alpha value is -2.26. The highest BCUT2D eigenvalue weighted by Crippen LogP contribution is 2.28. The van der Waals surface area contributed by atoms with Crippen molar-refractivity contribution in [3.8, 4) is 11.1 Å². The second kappa shape index (κ2) is 9.70. The molecule has 9 heteroatoms. The van der Waals surface area contributed by atoms with Gasteiger partial charge >= 0.3 is 0 Å². The molecule has 0 saturated carbocycles. The molecule has 32 heavy (non-hydrogen) atoms. The van der Waals surface area contributed by atoms with E-state index in [2.05, 4.69) is 4.98 Å². The van der Waals surface area contributed by atoms with Crippen LogP contribution in [0.5, 0.6) is 0 Å². The van der Waals surface area contributed by atoms with Gasteiger partial charge in [-0.2, -0.15) is 4.31 Å². The lowest BCUT2D eigenvalue weighted by Gasteiger charge is -2.24. The van der Waals surface area contributed by atoms with E-state index in [0.29, 0.717) is 23.2 Å². The van der Waals surface area contributed by atoms with Gasteiger partial charge in [-0.3, -0.25) is 4.98 Å². The standard InChI is InChI=1S/C23H25ClN2O4S2/c1-17(2)15-26(32(29,30)23-10-5-4-9-22(23)24)16-18-11-20(14-25-13-18)19-7-6-8-21(12-19)31(3,27)28/h4-14,17H,15-16H2,1-3H3. The molecule has 0 unspecified atom stereocenters. The number of aromatic nitrogens is 1. The zero-order valence-electron chi connectivity index (χ0n) is 18.1. The van der Waals surface area contributed by atoms with E-state index in [0.717, 1.165) is 6.26 Å². The van der Waals surface area contributed by atoms with Crippen molar-refractivity contribution in [2.75, 3.05) is 12.8 Å². The maximum atomic E-state index is 13.4. The van der Waals surface area contributed by atoms with Crippen LogP contribution in [0.1, 0.15) is 19.4 Å². The largest absolute Gasteiger partial charge is 0.264 e. The van der Waals surface area contributed by atoms with E-state index >= 15 is 0 Å². The number of halogens is 1. The van der Waals surface area contributed by atoms with Crippen LogP contribution >= 0.6 is 11.6 Å². The number of nitrogens with zero attached hydrogens (tertiary/aromatic N) is 2. The highest BCUT2D eigenvalue weighted by molar-refractivity contribution is 7.90. The van der Waals surface area contributed by atoms with Crippen molar-refractivity contribution >= 4 is 31.5 Å². The van der Waals surface area contributed by atoms with Gasteiger partial charge in [-0.1, -0.05) is 49.7 Å². The first kappa shape index (κ1) is 24.4. The fourth-order valence-corrected chi connectivity index (χ4v) is 6.04. The monoisotopic (exact) mass is 492 g/mol. The van der Waals surface area contributed by atoms with Gasteiger partial charge in [-0.05, 0) is 47.4 Å². The van der Waals surface area contributed by atoms with Crippen molar-refractivity contribution < 1.29 is 16.8 Å². The van der Waals surface area contributed by atoms with Gasteiger partial charge in [-0.15, -0.1) is 0 Å². The Morgan fingerprint density at radius 3 is 2.31 bits per heavy atom. The van der Waals surface area contributed by atoms with E-state index in [1.165, 1.54) is 16.4 Å². The van der Waals surface area contributed by atoms with Crippen molar-refractivity contribution in [1.29, 1.82) is 0 Å². The van der Waals surface area contributed by atoms with Crippen LogP contribution in [0.4, 0.5) is 0 Å². The molecule has 6 nitrogen and oxygen atoms in total. The molecule has 0 radical (unpaired) electrons. The quantitative estimate of drug-likeness (QED) is 0.457. The first-order valence-corrected chi connectivity index (χ1v) is 13.7. The van der Waals surface area contributed by atoms with Gasteiger partial charge in [0.2, 0.25) is 10.0 Å². The molecule has 0 aliphatic carbocycles. The SMILES string of the molecule is CC(C)CN(Cc1cncc(-c2cccc(S(C)(=O)=O)c2)c1)S(=O)(=O)c1ccccc1Cl. The maximum absolute atomic E-state index is 13.4. The smallest absolute Gasteiger partial charge is 0.244 e. The molecular weight excluding hydrogens is 468 g/mol. The first-order valence-electron chi connectivity index (χ1n) is 9.97. The Morgan fingerprint density at radius 1 is 0.938 bits per heavy atom. The summed E-state index contributed by atoms with van der Waals surface area (Å²) in [6, 6.07) is 14.8. The van der Waals surface area contributed by atoms with E-state index in [9.17, 15) is 16.8 Å². The zero-order valence-corrected chi connectivity index (χ0v) is 20.5. The van der Waals surface area contributed by atoms with Gasteiger partial charge in [0.15, 0.2) is 9.84 Å². The average molecular weight is 493 g/mol. The van der Waals surface area contributed by atoms with Crippen LogP contribution in [0.25, 0.3) is 11.1 Å². The number of rotatable bonds is 8. The second-order valence-corrected chi connectivity index (χ2v) is 12.3. The molecule has 3 rings (SSSR count). The van der Waals surface area contributed by atoms with Crippen LogP contribution in [0, 0.1) is 5.92 Å². The number of sulfonamides is 1. The van der Waals surface area contributed by atoms with E-state index in [1.807, 2.05) is 19.9 Å². The molecule has 0 spiro atoms. The Balaban J connectivity index is 1.98. The molecule has 0 N–H and O–H groups in total. The van der Waals surface area contributed by atoms with Crippen molar-refractivity contribution in [2.45, 2.75) is 30.2 Å². The van der Waals surface area contributed by atoms with Crippen molar-refractivity contribution in [1.82, 2.24) is 9.29 Å². The Kier molecular flexibility index (Phi) is 7.39. The van der Waals surface area contributed by atoms with Gasteiger partial charge in [0.1, 0.15) is 4.90 Å². The zero-order chi connectivity index (χ0) is 23.5. The third kappa shape index (κ3) is 5.75. The van der Waals surface area contributed by atoms with Gasteiger partial charge in [0, 0.05) is 37.3 Å². The summed E-state index contributed by atoms with van der Waals surface area (Å²) in [6.07, 6.45) is 4.39. The van der Waals surface area contributed by atoms with Crippen LogP contribution in [0.3, 0.4) is 0 Å². The Bertz CT molecular complexity index is 1320. The molecule has 3 aromatic rings. The van der Waals surface area contributed by atoms with Crippen molar-refractivity contribution in [2.24, 2.45) is 5.92 Å². The van der Waals surface area contributed by atoms with Gasteiger partial charge in [-0.25, -0.2) is 16.8 Å². The minimum Gasteiger partial charge on any atom is -0.264 e. The minimum absolute atomic E-state index is 0.0623. The van der Waals surface area contributed by atoms with Crippen LogP contribution in [0.15, 0.2) is 76.8 Å². The molecule has 0 aliphatic rings. The van der Waals surface area contributed by atoms with Crippen LogP contribution in [-0.2, 0) is 26.4 Å². The number of sulfone groups is 1. The molecule has 0 amide bonds. The summed E-state index contributed by atoms with van der Waals surface area (Å²) < 4.78 is 51.9. The summed E-state index contributed by atoms with van der Waals surface area (Å²) in [5, 5.41) is 0.172. The number of benzene rings is 2. The van der Waals surface area contributed by atoms with E-state index in [1.54, 1.807) is 48.8 Å². The predicted molar refractivity (Wildman–Crippen MR) is 127 cm³/mol. The van der Waals surface area contributed by atoms with Crippen LogP contribution < -0.4 is 0 Å². The fourth-order valence-electron chi connectivity index (χ4n) is 3.29. The molecule has 0 aliphatic heterocycles. The molecule has 0 bridgehead atoms. The minimum atomic E-state index is -3.83. The van der Waals surface area contributed by atoms with Crippen LogP contribution in [-0.4, -0.2) is 38.9 Å². The van der Waals surface area contributed by atoms with E-state index < -0.39 is 19.9 Å². The second-order valence-electron chi connectivity index (χ2n) is 8.00. The molecule has 170 valence electrons. The molecule has 0 atom stereocenters. The van der Waals surface area contributed by atoms with E-state index in [-0.39, 0.29) is 27.3 Å². The highest BCUT2D eigenvalue weighted by atomic mass is 35.5. The Labute approximate surface area is 194 Å². The van der Waals surface area contributed by atoms with Gasteiger partial charge < -0.3 is 0 Å². The average Bonchev–Trinajstić information content (AvgIpc) is 2.73. The topological polar surface area (TPSA) is 84.4 Å². The molecule has 1 aromatic heterocycles. The van der Waals surface area contributed by atoms with Gasteiger partial charge in [0.05, 0.1) is 9.92 Å². The normalized spacial score (nSPS) is 12.4. The predicted octanol–water partition coefficient (Wildman–Crippen LogP) is 4.65. The summed E-state index contributed by atoms with van der Waals surface area (Å²) in [5.74, 6) is 0.0925. The number of pyridine rings is 1. The third-order valence-electron chi connectivity index (χ3n) is 4.77. The summed E-state index contributed by atoms with van der Waals surface area (Å²) >= 11 is 6.18. The lowest BCUT2D eigenvalue weighted by Crippen LogP contribution is -2.34. The lowest BCUT2D eigenvalue weighted by atomic mass is 10.1. The summed E-state index contributed by atoms with van der Waals surface area (Å²) in [5.41, 5.74) is 2.07. The summed E-state index contributed by atoms with van der Waals surface area (Å²) in [6.45, 7) is 4.31. The van der Waals surface area contributed by atoms with Crippen molar-refractivity contribution in [3.63, 3.8) is 0 Å². The summed E-state index contributed by atoms with van der Waals surface area (Å²) in [4.78, 5) is 4.53. The fraction of sp³-hybridized carbons (Fsp3) is 0.261. The summed E-state index contributed by atoms with van der Waals surface area (Å²) in [7, 11) is -7.18. The molecule has 1 heterocycles. The van der Waals surface area contributed by atoms with Crippen molar-refractivity contribution in [3.05, 3.63) is 77.6 Å². The van der Waals surface area contributed by atoms with Gasteiger partial charge in [0.25, 0.3) is 0 Å². The first-order chi connectivity index (χ1) is 15.0.